The fourth-order valence-electron chi connectivity index (χ4n) is 1.64. The summed E-state index contributed by atoms with van der Waals surface area (Å²) in [7, 11) is 0. The molecule has 0 saturated carbocycles. The van der Waals surface area contributed by atoms with E-state index in [0.29, 0.717) is 0 Å². The molecule has 1 aliphatic heterocycles. The van der Waals surface area contributed by atoms with Crippen molar-refractivity contribution in [3.63, 3.8) is 0 Å². The maximum Gasteiger partial charge on any atom is 0.202 e. The molecule has 1 aliphatic rings. The zero-order valence-corrected chi connectivity index (χ0v) is 10.8. The van der Waals surface area contributed by atoms with Gasteiger partial charge in [0.1, 0.15) is 31.0 Å². The Bertz CT molecular complexity index is 355. The third-order valence-electron chi connectivity index (χ3n) is 3.20. The Morgan fingerprint density at radius 3 is 2.35 bits per heavy atom. The first-order chi connectivity index (χ1) is 9.24. The predicted octanol–water partition coefficient (Wildman–Crippen LogP) is -3.36. The minimum atomic E-state index is -2.46. The summed E-state index contributed by atoms with van der Waals surface area (Å²) >= 11 is 0. The average Bonchev–Trinajstić information content (AvgIpc) is 2.43. The average molecular weight is 293 g/mol. The lowest BCUT2D eigenvalue weighted by atomic mass is 9.99. The standard InChI is InChI=1S/C11H19NO8/c1-5(2-12)11(17,18)4-19-10-9(16)8(15)7(14)6(3-13)20-10/h5-10,13-18H,3-4H2,1H3/t5?,6-,7-,8+,9-,10-/m1/s1. The Labute approximate surface area is 115 Å². The quantitative estimate of drug-likeness (QED) is 0.284. The van der Waals surface area contributed by atoms with Crippen molar-refractivity contribution < 1.29 is 40.1 Å². The van der Waals surface area contributed by atoms with Crippen LogP contribution in [0.2, 0.25) is 0 Å². The monoisotopic (exact) mass is 293 g/mol. The molecule has 0 aromatic carbocycles. The molecule has 9 heteroatoms. The van der Waals surface area contributed by atoms with Crippen molar-refractivity contribution in [3.05, 3.63) is 0 Å². The van der Waals surface area contributed by atoms with Gasteiger partial charge in [0.2, 0.25) is 5.79 Å². The van der Waals surface area contributed by atoms with Gasteiger partial charge >= 0.3 is 0 Å². The molecular formula is C11H19NO8. The van der Waals surface area contributed by atoms with Gasteiger partial charge in [-0.3, -0.25) is 0 Å². The number of nitriles is 1. The van der Waals surface area contributed by atoms with Gasteiger partial charge in [0.25, 0.3) is 0 Å². The lowest BCUT2D eigenvalue weighted by Crippen LogP contribution is -2.60. The van der Waals surface area contributed by atoms with Crippen LogP contribution < -0.4 is 0 Å². The largest absolute Gasteiger partial charge is 0.394 e. The predicted molar refractivity (Wildman–Crippen MR) is 61.7 cm³/mol. The van der Waals surface area contributed by atoms with Crippen molar-refractivity contribution in [1.29, 1.82) is 5.26 Å². The van der Waals surface area contributed by atoms with Crippen molar-refractivity contribution in [3.8, 4) is 6.07 Å². The maximum atomic E-state index is 9.64. The van der Waals surface area contributed by atoms with Gasteiger partial charge in [0.05, 0.1) is 18.6 Å². The lowest BCUT2D eigenvalue weighted by molar-refractivity contribution is -0.325. The minimum absolute atomic E-state index is 0.622. The molecule has 0 aliphatic carbocycles. The highest BCUT2D eigenvalue weighted by Crippen LogP contribution is 2.23. The van der Waals surface area contributed by atoms with Crippen molar-refractivity contribution in [2.45, 2.75) is 43.4 Å². The SMILES string of the molecule is CC(C#N)C(O)(O)CO[C@@H]1O[C@H](CO)[C@@H](O)[C@H](O)[C@H]1O. The Morgan fingerprint density at radius 2 is 1.85 bits per heavy atom. The van der Waals surface area contributed by atoms with Gasteiger partial charge in [-0.05, 0) is 6.92 Å². The van der Waals surface area contributed by atoms with Crippen molar-refractivity contribution in [1.82, 2.24) is 0 Å². The van der Waals surface area contributed by atoms with Crippen LogP contribution in [0.4, 0.5) is 0 Å². The van der Waals surface area contributed by atoms with E-state index < -0.39 is 55.6 Å². The number of aliphatic hydroxyl groups excluding tert-OH is 4. The Morgan fingerprint density at radius 1 is 1.25 bits per heavy atom. The van der Waals surface area contributed by atoms with Gasteiger partial charge in [-0.1, -0.05) is 0 Å². The highest BCUT2D eigenvalue weighted by Gasteiger charge is 2.45. The van der Waals surface area contributed by atoms with Gasteiger partial charge in [0, 0.05) is 0 Å². The molecule has 0 bridgehead atoms. The van der Waals surface area contributed by atoms with E-state index in [1.165, 1.54) is 6.92 Å². The number of nitrogens with zero attached hydrogens (tertiary/aromatic N) is 1. The summed E-state index contributed by atoms with van der Waals surface area (Å²) in [5.41, 5.74) is 0. The van der Waals surface area contributed by atoms with Crippen LogP contribution in [0, 0.1) is 17.2 Å². The van der Waals surface area contributed by atoms with E-state index in [0.717, 1.165) is 0 Å². The van der Waals surface area contributed by atoms with E-state index in [2.05, 4.69) is 0 Å². The summed E-state index contributed by atoms with van der Waals surface area (Å²) in [5, 5.41) is 65.4. The fourth-order valence-corrected chi connectivity index (χ4v) is 1.64. The first-order valence-corrected chi connectivity index (χ1v) is 6.01. The molecule has 0 aromatic rings. The van der Waals surface area contributed by atoms with Crippen LogP contribution in [-0.2, 0) is 9.47 Å². The lowest BCUT2D eigenvalue weighted by Gasteiger charge is -2.40. The molecule has 0 aromatic heterocycles. The highest BCUT2D eigenvalue weighted by atomic mass is 16.7. The Kier molecular flexibility index (Phi) is 5.81. The molecule has 1 rings (SSSR count). The molecule has 116 valence electrons. The second-order valence-electron chi connectivity index (χ2n) is 4.74. The summed E-state index contributed by atoms with van der Waals surface area (Å²) in [4.78, 5) is 0. The highest BCUT2D eigenvalue weighted by molar-refractivity contribution is 4.91. The molecule has 1 fully saturated rings. The number of ether oxygens (including phenoxy) is 2. The van der Waals surface area contributed by atoms with Crippen LogP contribution >= 0.6 is 0 Å². The van der Waals surface area contributed by atoms with Crippen LogP contribution in [0.15, 0.2) is 0 Å². The maximum absolute atomic E-state index is 9.64. The van der Waals surface area contributed by atoms with E-state index in [1.54, 1.807) is 6.07 Å². The molecule has 20 heavy (non-hydrogen) atoms. The zero-order chi connectivity index (χ0) is 15.5. The Balaban J connectivity index is 2.65. The van der Waals surface area contributed by atoms with E-state index >= 15 is 0 Å². The van der Waals surface area contributed by atoms with E-state index in [4.69, 9.17) is 19.8 Å². The van der Waals surface area contributed by atoms with Crippen LogP contribution in [0.3, 0.4) is 0 Å². The summed E-state index contributed by atoms with van der Waals surface area (Å²) in [6.07, 6.45) is -7.42. The van der Waals surface area contributed by atoms with E-state index in [9.17, 15) is 25.5 Å². The molecular weight excluding hydrogens is 274 g/mol. The van der Waals surface area contributed by atoms with Gasteiger partial charge in [-0.2, -0.15) is 5.26 Å². The molecule has 0 spiro atoms. The van der Waals surface area contributed by atoms with Gasteiger partial charge < -0.3 is 40.1 Å². The minimum Gasteiger partial charge on any atom is -0.394 e. The fraction of sp³-hybridized carbons (Fsp3) is 0.909. The van der Waals surface area contributed by atoms with Crippen LogP contribution in [0.25, 0.3) is 0 Å². The third kappa shape index (κ3) is 3.63. The summed E-state index contributed by atoms with van der Waals surface area (Å²) < 4.78 is 9.93. The van der Waals surface area contributed by atoms with Crippen molar-refractivity contribution in [2.24, 2.45) is 5.92 Å². The number of rotatable bonds is 5. The smallest absolute Gasteiger partial charge is 0.202 e. The normalized spacial score (nSPS) is 36.4. The van der Waals surface area contributed by atoms with Gasteiger partial charge in [-0.25, -0.2) is 0 Å². The second-order valence-corrected chi connectivity index (χ2v) is 4.74. The second kappa shape index (κ2) is 6.75. The van der Waals surface area contributed by atoms with E-state index in [1.807, 2.05) is 0 Å². The number of hydrogen-bond acceptors (Lipinski definition) is 9. The van der Waals surface area contributed by atoms with E-state index in [-0.39, 0.29) is 0 Å². The van der Waals surface area contributed by atoms with Crippen molar-refractivity contribution >= 4 is 0 Å². The molecule has 1 saturated heterocycles. The topological polar surface area (TPSA) is 164 Å². The zero-order valence-electron chi connectivity index (χ0n) is 10.8. The summed E-state index contributed by atoms with van der Waals surface area (Å²) in [5.74, 6) is -3.62. The first-order valence-electron chi connectivity index (χ1n) is 6.01. The molecule has 1 unspecified atom stereocenters. The first kappa shape index (κ1) is 17.2. The molecule has 0 amide bonds. The third-order valence-corrected chi connectivity index (χ3v) is 3.20. The molecule has 9 nitrogen and oxygen atoms in total. The number of aliphatic hydroxyl groups is 6. The Hall–Kier alpha value is -0.830. The van der Waals surface area contributed by atoms with Gasteiger partial charge in [-0.15, -0.1) is 0 Å². The van der Waals surface area contributed by atoms with Crippen LogP contribution in [0.1, 0.15) is 6.92 Å². The summed E-state index contributed by atoms with van der Waals surface area (Å²) in [6.45, 7) is -0.121. The van der Waals surface area contributed by atoms with Crippen LogP contribution in [0.5, 0.6) is 0 Å². The van der Waals surface area contributed by atoms with Crippen molar-refractivity contribution in [2.75, 3.05) is 13.2 Å². The summed E-state index contributed by atoms with van der Waals surface area (Å²) in [6, 6.07) is 1.63. The van der Waals surface area contributed by atoms with Crippen LogP contribution in [-0.4, -0.2) is 80.3 Å². The molecule has 1 heterocycles. The molecule has 0 radical (unpaired) electrons. The van der Waals surface area contributed by atoms with Gasteiger partial charge in [0.15, 0.2) is 6.29 Å². The number of hydrogen-bond donors (Lipinski definition) is 6. The molecule has 6 atom stereocenters. The molecule has 6 N–H and O–H groups in total.